The van der Waals surface area contributed by atoms with Gasteiger partial charge in [0.25, 0.3) is 5.56 Å². The number of carbonyl (C=O) groups is 1. The van der Waals surface area contributed by atoms with E-state index in [1.807, 2.05) is 18.2 Å². The van der Waals surface area contributed by atoms with Crippen molar-refractivity contribution < 1.29 is 9.53 Å². The molecule has 1 fully saturated rings. The topological polar surface area (TPSA) is 127 Å². The molecular weight excluding hydrogens is 462 g/mol. The molecule has 36 heavy (non-hydrogen) atoms. The van der Waals surface area contributed by atoms with E-state index in [0.29, 0.717) is 44.7 Å². The van der Waals surface area contributed by atoms with E-state index in [1.165, 1.54) is 4.57 Å². The van der Waals surface area contributed by atoms with Crippen LogP contribution in [0.15, 0.2) is 64.7 Å². The Labute approximate surface area is 206 Å². The highest BCUT2D eigenvalue weighted by atomic mass is 16.5. The number of rotatable bonds is 6. The fourth-order valence-corrected chi connectivity index (χ4v) is 4.61. The van der Waals surface area contributed by atoms with Crippen LogP contribution in [0.25, 0.3) is 22.3 Å². The lowest BCUT2D eigenvalue weighted by molar-refractivity contribution is 0.183. The molecule has 4 aromatic heterocycles. The molecule has 0 spiro atoms. The summed E-state index contributed by atoms with van der Waals surface area (Å²) >= 11 is 0. The van der Waals surface area contributed by atoms with E-state index in [1.54, 1.807) is 53.5 Å². The van der Waals surface area contributed by atoms with Gasteiger partial charge in [0, 0.05) is 68.7 Å². The van der Waals surface area contributed by atoms with E-state index in [2.05, 4.69) is 20.3 Å². The summed E-state index contributed by atoms with van der Waals surface area (Å²) in [4.78, 5) is 51.5. The smallest absolute Gasteiger partial charge is 0.327 e. The fraction of sp³-hybridized carbons (Fsp3) is 0.320. The third-order valence-electron chi connectivity index (χ3n) is 6.47. The van der Waals surface area contributed by atoms with Crippen LogP contribution in [-0.2, 0) is 11.3 Å². The molecule has 0 aliphatic carbocycles. The van der Waals surface area contributed by atoms with Crippen molar-refractivity contribution >= 4 is 22.9 Å². The van der Waals surface area contributed by atoms with Gasteiger partial charge in [-0.2, -0.15) is 0 Å². The molecule has 2 amide bonds. The summed E-state index contributed by atoms with van der Waals surface area (Å²) in [7, 11) is 1.57. The van der Waals surface area contributed by atoms with Gasteiger partial charge in [-0.3, -0.25) is 19.3 Å². The lowest BCUT2D eigenvalue weighted by Gasteiger charge is -2.32. The molecule has 11 nitrogen and oxygen atoms in total. The average molecular weight is 490 g/mol. The highest BCUT2D eigenvalue weighted by Gasteiger charge is 2.27. The number of anilines is 1. The summed E-state index contributed by atoms with van der Waals surface area (Å²) < 4.78 is 8.40. The van der Waals surface area contributed by atoms with Gasteiger partial charge in [-0.1, -0.05) is 6.07 Å². The number of amides is 2. The Morgan fingerprint density at radius 3 is 2.72 bits per heavy atom. The summed E-state index contributed by atoms with van der Waals surface area (Å²) in [6, 6.07) is 8.66. The van der Waals surface area contributed by atoms with Gasteiger partial charge in [-0.25, -0.2) is 14.6 Å². The number of H-pyrrole nitrogens is 1. The Kier molecular flexibility index (Phi) is 6.63. The molecule has 0 saturated carbocycles. The lowest BCUT2D eigenvalue weighted by Crippen LogP contribution is -2.43. The van der Waals surface area contributed by atoms with Gasteiger partial charge in [-0.05, 0) is 37.1 Å². The first-order valence-corrected chi connectivity index (χ1v) is 11.8. The predicted molar refractivity (Wildman–Crippen MR) is 135 cm³/mol. The molecule has 186 valence electrons. The third kappa shape index (κ3) is 4.65. The van der Waals surface area contributed by atoms with Crippen molar-refractivity contribution in [2.24, 2.45) is 0 Å². The van der Waals surface area contributed by atoms with Gasteiger partial charge < -0.3 is 19.5 Å². The van der Waals surface area contributed by atoms with Gasteiger partial charge in [0.05, 0.1) is 12.1 Å². The number of aromatic nitrogens is 5. The van der Waals surface area contributed by atoms with Crippen LogP contribution in [0.5, 0.6) is 0 Å². The molecule has 0 atom stereocenters. The minimum absolute atomic E-state index is 0.0420. The zero-order chi connectivity index (χ0) is 25.1. The fourth-order valence-electron chi connectivity index (χ4n) is 4.61. The second-order valence-corrected chi connectivity index (χ2v) is 8.70. The quantitative estimate of drug-likeness (QED) is 0.428. The second-order valence-electron chi connectivity index (χ2n) is 8.70. The van der Waals surface area contributed by atoms with E-state index in [-0.39, 0.29) is 29.0 Å². The predicted octanol–water partition coefficient (Wildman–Crippen LogP) is 2.46. The number of methoxy groups -OCH3 is 1. The van der Waals surface area contributed by atoms with Crippen molar-refractivity contribution in [1.82, 2.24) is 29.0 Å². The first kappa shape index (κ1) is 23.5. The zero-order valence-corrected chi connectivity index (χ0v) is 19.9. The molecule has 0 radical (unpaired) electrons. The number of hydrogen-bond acceptors (Lipinski definition) is 6. The van der Waals surface area contributed by atoms with Gasteiger partial charge >= 0.3 is 11.7 Å². The highest BCUT2D eigenvalue weighted by molar-refractivity contribution is 5.90. The number of nitrogens with zero attached hydrogens (tertiary/aromatic N) is 5. The first-order valence-electron chi connectivity index (χ1n) is 11.8. The molecule has 1 saturated heterocycles. The van der Waals surface area contributed by atoms with Gasteiger partial charge in [0.1, 0.15) is 5.69 Å². The maximum atomic E-state index is 13.1. The number of imidazole rings is 1. The lowest BCUT2D eigenvalue weighted by atomic mass is 10.0. The van der Waals surface area contributed by atoms with Crippen LogP contribution in [0, 0.1) is 0 Å². The number of carbonyl (C=O) groups excluding carboxylic acids is 1. The van der Waals surface area contributed by atoms with Crippen molar-refractivity contribution in [2.75, 3.05) is 32.1 Å². The van der Waals surface area contributed by atoms with Crippen LogP contribution < -0.4 is 16.6 Å². The molecule has 5 heterocycles. The van der Waals surface area contributed by atoms with E-state index in [4.69, 9.17) is 4.74 Å². The maximum absolute atomic E-state index is 13.1. The number of urea groups is 1. The number of likely N-dealkylation sites (tertiary alicyclic amines) is 1. The Balaban J connectivity index is 1.33. The van der Waals surface area contributed by atoms with E-state index < -0.39 is 0 Å². The number of aromatic amines is 1. The minimum Gasteiger partial charge on any atom is -0.383 e. The van der Waals surface area contributed by atoms with Crippen LogP contribution in [0.3, 0.4) is 0 Å². The van der Waals surface area contributed by atoms with E-state index >= 15 is 0 Å². The summed E-state index contributed by atoms with van der Waals surface area (Å²) in [5.74, 6) is 0. The zero-order valence-electron chi connectivity index (χ0n) is 19.9. The average Bonchev–Trinajstić information content (AvgIpc) is 3.25. The van der Waals surface area contributed by atoms with Gasteiger partial charge in [-0.15, -0.1) is 0 Å². The molecule has 5 rings (SSSR count). The number of fused-ring (bicyclic) bond motifs is 1. The Morgan fingerprint density at radius 1 is 1.17 bits per heavy atom. The molecule has 1 aliphatic heterocycles. The number of piperidine rings is 1. The van der Waals surface area contributed by atoms with Crippen LogP contribution in [0.4, 0.5) is 10.5 Å². The Hall–Kier alpha value is -4.25. The van der Waals surface area contributed by atoms with Crippen molar-refractivity contribution in [3.05, 3.63) is 76.0 Å². The molecular formula is C25H27N7O4. The standard InChI is InChI=1S/C25H27N7O4/c1-36-13-12-31-16-18(17-4-2-8-26-15-17)14-20(23(31)33)28-24(34)30-10-6-19(7-11-30)32-21-5-3-9-27-22(21)29-25(32)35/h2-5,8-9,14-16,19H,6-7,10-13H2,1H3,(H,28,34)(H,27,29,35). The van der Waals surface area contributed by atoms with Crippen molar-refractivity contribution in [2.45, 2.75) is 25.4 Å². The summed E-state index contributed by atoms with van der Waals surface area (Å²) in [5, 5.41) is 2.81. The monoisotopic (exact) mass is 489 g/mol. The molecule has 11 heteroatoms. The molecule has 4 aromatic rings. The maximum Gasteiger partial charge on any atom is 0.327 e. The summed E-state index contributed by atoms with van der Waals surface area (Å²) in [6.45, 7) is 1.62. The number of pyridine rings is 3. The van der Waals surface area contributed by atoms with Gasteiger partial charge in [0.15, 0.2) is 5.65 Å². The number of nitrogens with one attached hydrogen (secondary N) is 2. The molecule has 0 unspecified atom stereocenters. The second kappa shape index (κ2) is 10.2. The number of ether oxygens (including phenoxy) is 1. The SMILES string of the molecule is COCCn1cc(-c2cccnc2)cc(NC(=O)N2CCC(n3c(=O)[nH]c4ncccc43)CC2)c1=O. The highest BCUT2D eigenvalue weighted by Crippen LogP contribution is 2.25. The Morgan fingerprint density at radius 2 is 1.97 bits per heavy atom. The van der Waals surface area contributed by atoms with Crippen molar-refractivity contribution in [1.29, 1.82) is 0 Å². The molecule has 1 aliphatic rings. The normalized spacial score (nSPS) is 14.3. The third-order valence-corrected chi connectivity index (χ3v) is 6.47. The van der Waals surface area contributed by atoms with Crippen LogP contribution in [-0.4, -0.2) is 61.8 Å². The van der Waals surface area contributed by atoms with Crippen molar-refractivity contribution in [3.63, 3.8) is 0 Å². The summed E-state index contributed by atoms with van der Waals surface area (Å²) in [5.41, 5.74) is 2.60. The largest absolute Gasteiger partial charge is 0.383 e. The first-order chi connectivity index (χ1) is 17.5. The number of hydrogen-bond donors (Lipinski definition) is 2. The van der Waals surface area contributed by atoms with Crippen LogP contribution in [0.2, 0.25) is 0 Å². The van der Waals surface area contributed by atoms with E-state index in [0.717, 1.165) is 16.6 Å². The summed E-state index contributed by atoms with van der Waals surface area (Å²) in [6.07, 6.45) is 8.00. The van der Waals surface area contributed by atoms with Crippen LogP contribution in [0.1, 0.15) is 18.9 Å². The Bertz CT molecular complexity index is 1480. The molecule has 2 N–H and O–H groups in total. The van der Waals surface area contributed by atoms with Crippen molar-refractivity contribution in [3.8, 4) is 11.1 Å². The van der Waals surface area contributed by atoms with Crippen LogP contribution >= 0.6 is 0 Å². The molecule has 0 bridgehead atoms. The molecule has 0 aromatic carbocycles. The minimum atomic E-state index is -0.347. The van der Waals surface area contributed by atoms with Gasteiger partial charge in [0.2, 0.25) is 0 Å². The van der Waals surface area contributed by atoms with E-state index in [9.17, 15) is 14.4 Å².